The molecule has 2 fully saturated rings. The van der Waals surface area contributed by atoms with E-state index in [-0.39, 0.29) is 0 Å². The molecule has 1 aromatic carbocycles. The smallest absolute Gasteiger partial charge is 0.175 e. The van der Waals surface area contributed by atoms with Crippen molar-refractivity contribution in [2.24, 2.45) is 5.92 Å². The number of rotatable bonds is 3. The Morgan fingerprint density at radius 3 is 2.62 bits per heavy atom. The molecule has 0 amide bonds. The van der Waals surface area contributed by atoms with E-state index < -0.39 is 9.84 Å². The van der Waals surface area contributed by atoms with Crippen LogP contribution in [-0.4, -0.2) is 45.2 Å². The molecule has 2 aliphatic rings. The highest BCUT2D eigenvalue weighted by Crippen LogP contribution is 2.30. The fourth-order valence-electron chi connectivity index (χ4n) is 3.63. The van der Waals surface area contributed by atoms with Crippen molar-refractivity contribution in [3.63, 3.8) is 0 Å². The van der Waals surface area contributed by atoms with Crippen LogP contribution in [0.1, 0.15) is 31.4 Å². The Morgan fingerprint density at radius 2 is 1.95 bits per heavy atom. The molecule has 3 atom stereocenters. The molecule has 2 heterocycles. The molecule has 2 saturated heterocycles. The van der Waals surface area contributed by atoms with E-state index >= 15 is 0 Å². The van der Waals surface area contributed by atoms with Gasteiger partial charge in [0.1, 0.15) is 0 Å². The van der Waals surface area contributed by atoms with Crippen LogP contribution in [0.2, 0.25) is 0 Å². The molecule has 0 bridgehead atoms. The Balaban J connectivity index is 1.71. The highest BCUT2D eigenvalue weighted by molar-refractivity contribution is 7.90. The zero-order valence-electron chi connectivity index (χ0n) is 12.7. The third-order valence-corrected chi connectivity index (χ3v) is 6.15. The Hall–Kier alpha value is -0.910. The summed E-state index contributed by atoms with van der Waals surface area (Å²) in [6.07, 6.45) is 3.75. The second kappa shape index (κ2) is 5.71. The van der Waals surface area contributed by atoms with Gasteiger partial charge in [0.2, 0.25) is 0 Å². The molecule has 0 aliphatic carbocycles. The van der Waals surface area contributed by atoms with Gasteiger partial charge in [-0.3, -0.25) is 4.90 Å². The molecule has 4 nitrogen and oxygen atoms in total. The summed E-state index contributed by atoms with van der Waals surface area (Å²) in [5, 5.41) is 3.59. The van der Waals surface area contributed by atoms with Crippen molar-refractivity contribution >= 4 is 9.84 Å². The van der Waals surface area contributed by atoms with Crippen molar-refractivity contribution in [1.82, 2.24) is 10.2 Å². The van der Waals surface area contributed by atoms with Gasteiger partial charge in [-0.05, 0) is 49.9 Å². The van der Waals surface area contributed by atoms with Crippen molar-refractivity contribution in [2.45, 2.75) is 36.7 Å². The number of nitrogens with zero attached hydrogens (tertiary/aromatic N) is 1. The first-order valence-corrected chi connectivity index (χ1v) is 9.62. The third-order valence-electron chi connectivity index (χ3n) is 5.03. The summed E-state index contributed by atoms with van der Waals surface area (Å²) in [6.45, 7) is 5.63. The van der Waals surface area contributed by atoms with Crippen LogP contribution in [0.5, 0.6) is 0 Å². The maximum absolute atomic E-state index is 11.5. The SMILES string of the molecule is CC(c1ccc(S(C)(=O)=O)cc1)N1CCC2NCCC2C1. The van der Waals surface area contributed by atoms with E-state index in [2.05, 4.69) is 17.1 Å². The summed E-state index contributed by atoms with van der Waals surface area (Å²) in [7, 11) is -3.10. The average molecular weight is 308 g/mol. The van der Waals surface area contributed by atoms with Gasteiger partial charge >= 0.3 is 0 Å². The minimum atomic E-state index is -3.10. The highest BCUT2D eigenvalue weighted by Gasteiger charge is 2.34. The van der Waals surface area contributed by atoms with Crippen molar-refractivity contribution in [2.75, 3.05) is 25.9 Å². The molecular weight excluding hydrogens is 284 g/mol. The summed E-state index contributed by atoms with van der Waals surface area (Å²) < 4.78 is 23.0. The van der Waals surface area contributed by atoms with Gasteiger partial charge in [0.15, 0.2) is 9.84 Å². The molecule has 2 aliphatic heterocycles. The molecule has 3 rings (SSSR count). The quantitative estimate of drug-likeness (QED) is 0.925. The fraction of sp³-hybridized carbons (Fsp3) is 0.625. The molecule has 0 radical (unpaired) electrons. The molecule has 5 heteroatoms. The average Bonchev–Trinajstić information content (AvgIpc) is 2.93. The fourth-order valence-corrected chi connectivity index (χ4v) is 4.26. The largest absolute Gasteiger partial charge is 0.314 e. The number of benzene rings is 1. The van der Waals surface area contributed by atoms with Crippen LogP contribution in [0, 0.1) is 5.92 Å². The molecule has 0 aromatic heterocycles. The Bertz CT molecular complexity index is 597. The van der Waals surface area contributed by atoms with E-state index in [1.54, 1.807) is 12.1 Å². The molecular formula is C16H24N2O2S. The lowest BCUT2D eigenvalue weighted by molar-refractivity contribution is 0.122. The van der Waals surface area contributed by atoms with Crippen LogP contribution < -0.4 is 5.32 Å². The zero-order valence-corrected chi connectivity index (χ0v) is 13.6. The molecule has 21 heavy (non-hydrogen) atoms. The number of nitrogens with one attached hydrogen (secondary N) is 1. The molecule has 1 N–H and O–H groups in total. The second-order valence-electron chi connectivity index (χ2n) is 6.41. The van der Waals surface area contributed by atoms with Gasteiger partial charge in [-0.1, -0.05) is 12.1 Å². The first kappa shape index (κ1) is 15.0. The van der Waals surface area contributed by atoms with Gasteiger partial charge in [-0.15, -0.1) is 0 Å². The maximum atomic E-state index is 11.5. The van der Waals surface area contributed by atoms with Gasteiger partial charge in [0.25, 0.3) is 0 Å². The van der Waals surface area contributed by atoms with Gasteiger partial charge < -0.3 is 5.32 Å². The molecule has 0 spiro atoms. The van der Waals surface area contributed by atoms with E-state index in [0.717, 1.165) is 25.6 Å². The van der Waals surface area contributed by atoms with Crippen LogP contribution in [0.3, 0.4) is 0 Å². The highest BCUT2D eigenvalue weighted by atomic mass is 32.2. The Labute approximate surface area is 127 Å². The van der Waals surface area contributed by atoms with Gasteiger partial charge in [-0.25, -0.2) is 8.42 Å². The Kier molecular flexibility index (Phi) is 4.08. The third kappa shape index (κ3) is 3.15. The standard InChI is InChI=1S/C16H24N2O2S/c1-12(13-3-5-15(6-4-13)21(2,19)20)18-10-8-16-14(11-18)7-9-17-16/h3-6,12,14,16-17H,7-11H2,1-2H3. The lowest BCUT2D eigenvalue weighted by Gasteiger charge is -2.38. The lowest BCUT2D eigenvalue weighted by Crippen LogP contribution is -2.45. The van der Waals surface area contributed by atoms with E-state index in [1.165, 1.54) is 24.7 Å². The van der Waals surface area contributed by atoms with Crippen LogP contribution in [-0.2, 0) is 9.84 Å². The summed E-state index contributed by atoms with van der Waals surface area (Å²) in [6, 6.07) is 8.43. The van der Waals surface area contributed by atoms with E-state index in [4.69, 9.17) is 0 Å². The van der Waals surface area contributed by atoms with E-state index in [9.17, 15) is 8.42 Å². The summed E-state index contributed by atoms with van der Waals surface area (Å²) in [5.41, 5.74) is 1.20. The monoisotopic (exact) mass is 308 g/mol. The number of piperidine rings is 1. The molecule has 116 valence electrons. The van der Waals surface area contributed by atoms with Gasteiger partial charge in [0.05, 0.1) is 4.90 Å². The summed E-state index contributed by atoms with van der Waals surface area (Å²) >= 11 is 0. The predicted octanol–water partition coefficient (Wildman–Crippen LogP) is 1.83. The topological polar surface area (TPSA) is 49.4 Å². The molecule has 3 unspecified atom stereocenters. The van der Waals surface area contributed by atoms with Gasteiger partial charge in [0, 0.05) is 31.4 Å². The van der Waals surface area contributed by atoms with E-state index in [0.29, 0.717) is 17.0 Å². The molecule has 0 saturated carbocycles. The number of fused-ring (bicyclic) bond motifs is 1. The number of hydrogen-bond donors (Lipinski definition) is 1. The van der Waals surface area contributed by atoms with Crippen molar-refractivity contribution in [1.29, 1.82) is 0 Å². The Morgan fingerprint density at radius 1 is 1.24 bits per heavy atom. The predicted molar refractivity (Wildman–Crippen MR) is 84.1 cm³/mol. The lowest BCUT2D eigenvalue weighted by atomic mass is 9.91. The van der Waals surface area contributed by atoms with Crippen LogP contribution in [0.4, 0.5) is 0 Å². The number of sulfone groups is 1. The van der Waals surface area contributed by atoms with Crippen LogP contribution >= 0.6 is 0 Å². The van der Waals surface area contributed by atoms with Crippen molar-refractivity contribution < 1.29 is 8.42 Å². The summed E-state index contributed by atoms with van der Waals surface area (Å²) in [4.78, 5) is 2.93. The zero-order chi connectivity index (χ0) is 15.0. The number of likely N-dealkylation sites (tertiary alicyclic amines) is 1. The number of hydrogen-bond acceptors (Lipinski definition) is 4. The van der Waals surface area contributed by atoms with Crippen molar-refractivity contribution in [3.8, 4) is 0 Å². The van der Waals surface area contributed by atoms with Crippen molar-refractivity contribution in [3.05, 3.63) is 29.8 Å². The minimum Gasteiger partial charge on any atom is -0.314 e. The first-order valence-electron chi connectivity index (χ1n) is 7.72. The minimum absolute atomic E-state index is 0.347. The normalized spacial score (nSPS) is 28.3. The molecule has 1 aromatic rings. The maximum Gasteiger partial charge on any atom is 0.175 e. The second-order valence-corrected chi connectivity index (χ2v) is 8.43. The van der Waals surface area contributed by atoms with E-state index in [1.807, 2.05) is 12.1 Å². The van der Waals surface area contributed by atoms with Crippen LogP contribution in [0.15, 0.2) is 29.2 Å². The van der Waals surface area contributed by atoms with Gasteiger partial charge in [-0.2, -0.15) is 0 Å². The first-order chi connectivity index (χ1) is 9.95. The van der Waals surface area contributed by atoms with Crippen LogP contribution in [0.25, 0.3) is 0 Å². The summed E-state index contributed by atoms with van der Waals surface area (Å²) in [5.74, 6) is 0.775.